The summed E-state index contributed by atoms with van der Waals surface area (Å²) in [5.41, 5.74) is 3.36. The summed E-state index contributed by atoms with van der Waals surface area (Å²) >= 11 is 0. The monoisotopic (exact) mass is 548 g/mol. The fraction of sp³-hybridized carbons (Fsp3) is 0.862. The van der Waals surface area contributed by atoms with Crippen molar-refractivity contribution in [3.63, 3.8) is 0 Å². The van der Waals surface area contributed by atoms with Gasteiger partial charge in [-0.05, 0) is 120 Å². The van der Waals surface area contributed by atoms with Gasteiger partial charge in [0.15, 0.2) is 16.6 Å². The van der Waals surface area contributed by atoms with Crippen molar-refractivity contribution in [1.29, 1.82) is 0 Å². The molecule has 8 heteroatoms. The van der Waals surface area contributed by atoms with Crippen LogP contribution in [0.4, 0.5) is 0 Å². The first kappa shape index (κ1) is 29.0. The second kappa shape index (κ2) is 9.90. The zero-order valence-corrected chi connectivity index (χ0v) is 27.4. The fourth-order valence-corrected chi connectivity index (χ4v) is 11.6. The van der Waals surface area contributed by atoms with Crippen LogP contribution >= 0.6 is 0 Å². The van der Waals surface area contributed by atoms with Crippen LogP contribution in [-0.2, 0) is 18.5 Å². The van der Waals surface area contributed by atoms with Crippen LogP contribution in [0.15, 0.2) is 22.0 Å². The number of fused-ring (bicyclic) bond motifs is 5. The Morgan fingerprint density at radius 1 is 0.946 bits per heavy atom. The van der Waals surface area contributed by atoms with Crippen LogP contribution in [0.1, 0.15) is 65.7 Å². The molecule has 0 amide bonds. The van der Waals surface area contributed by atoms with Gasteiger partial charge in [-0.3, -0.25) is 0 Å². The molecule has 0 unspecified atom stereocenters. The van der Waals surface area contributed by atoms with Crippen molar-refractivity contribution >= 4 is 28.1 Å². The third-order valence-corrected chi connectivity index (χ3v) is 12.0. The van der Waals surface area contributed by atoms with Crippen molar-refractivity contribution in [2.75, 3.05) is 14.2 Å². The van der Waals surface area contributed by atoms with Gasteiger partial charge in [-0.25, -0.2) is 0 Å². The van der Waals surface area contributed by atoms with Gasteiger partial charge < -0.3 is 18.5 Å². The van der Waals surface area contributed by atoms with Crippen molar-refractivity contribution < 1.29 is 18.5 Å². The molecular weight excluding hydrogens is 497 g/mol. The van der Waals surface area contributed by atoms with Crippen LogP contribution in [0.5, 0.6) is 0 Å². The van der Waals surface area contributed by atoms with E-state index < -0.39 is 22.2 Å². The molecular formula is C29H52N2O4Si2. The molecule has 3 saturated carbocycles. The summed E-state index contributed by atoms with van der Waals surface area (Å²) in [5, 5.41) is 8.88. The van der Waals surface area contributed by atoms with Crippen molar-refractivity contribution in [2.24, 2.45) is 38.9 Å². The van der Waals surface area contributed by atoms with Gasteiger partial charge >= 0.3 is 0 Å². The molecule has 210 valence electrons. The molecule has 0 N–H and O–H groups in total. The number of nitrogens with zero attached hydrogens (tertiary/aromatic N) is 2. The summed E-state index contributed by atoms with van der Waals surface area (Å²) in [4.78, 5) is 10.5. The summed E-state index contributed by atoms with van der Waals surface area (Å²) in [6.45, 7) is 21.2. The Bertz CT molecular complexity index is 968. The lowest BCUT2D eigenvalue weighted by atomic mass is 9.45. The first-order valence-electron chi connectivity index (χ1n) is 14.4. The van der Waals surface area contributed by atoms with Crippen LogP contribution in [0.3, 0.4) is 0 Å². The first-order valence-corrected chi connectivity index (χ1v) is 21.2. The minimum Gasteiger partial charge on any atom is -0.414 e. The van der Waals surface area contributed by atoms with E-state index in [4.69, 9.17) is 18.5 Å². The van der Waals surface area contributed by atoms with Gasteiger partial charge in [0, 0.05) is 11.5 Å². The Morgan fingerprint density at radius 3 is 2.24 bits per heavy atom. The number of hydrogen-bond donors (Lipinski definition) is 0. The van der Waals surface area contributed by atoms with Gasteiger partial charge in [0.05, 0.1) is 11.4 Å². The highest BCUT2D eigenvalue weighted by molar-refractivity contribution is 6.70. The summed E-state index contributed by atoms with van der Waals surface area (Å²) in [6.07, 6.45) is 10.2. The molecule has 0 heterocycles. The average Bonchev–Trinajstić information content (AvgIpc) is 3.04. The van der Waals surface area contributed by atoms with Crippen LogP contribution in [0.25, 0.3) is 0 Å². The minimum atomic E-state index is -1.88. The topological polar surface area (TPSA) is 61.6 Å². The van der Waals surface area contributed by atoms with E-state index in [9.17, 15) is 0 Å². The molecule has 6 nitrogen and oxygen atoms in total. The lowest BCUT2D eigenvalue weighted by molar-refractivity contribution is -0.142. The Labute approximate surface area is 227 Å². The van der Waals surface area contributed by atoms with E-state index >= 15 is 0 Å². The number of rotatable bonds is 7. The molecule has 0 bridgehead atoms. The molecule has 0 spiro atoms. The van der Waals surface area contributed by atoms with Gasteiger partial charge in [0.1, 0.15) is 19.8 Å². The molecule has 0 aliphatic heterocycles. The molecule has 7 atom stereocenters. The zero-order chi connectivity index (χ0) is 27.4. The standard InChI is InChI=1S/C29H52N2O4Si2/c1-20(30-32-4)29(35-37(9,10)11)17-15-24-23-13-12-21-18-22(31-33-5)14-16-27(21,2)26(23)25(19-28(24,29)3)34-36(6,7)8/h18,23-26H,12-17,19H2,1-11H3/b30-20+,31-22-/t23-,24-,25-,26+,27-,28-,29-/m0/s1. The predicted molar refractivity (Wildman–Crippen MR) is 157 cm³/mol. The highest BCUT2D eigenvalue weighted by Gasteiger charge is 2.69. The Morgan fingerprint density at radius 2 is 1.65 bits per heavy atom. The lowest BCUT2D eigenvalue weighted by Gasteiger charge is -2.63. The van der Waals surface area contributed by atoms with Crippen LogP contribution in [0.2, 0.25) is 39.3 Å². The minimum absolute atomic E-state index is 0.0419. The van der Waals surface area contributed by atoms with Crippen LogP contribution in [0, 0.1) is 28.6 Å². The van der Waals surface area contributed by atoms with E-state index in [1.807, 2.05) is 0 Å². The second-order valence-corrected chi connectivity index (χ2v) is 23.4. The van der Waals surface area contributed by atoms with E-state index in [0.29, 0.717) is 17.8 Å². The normalized spacial score (nSPS) is 41.5. The van der Waals surface area contributed by atoms with Crippen molar-refractivity contribution in [1.82, 2.24) is 0 Å². The summed E-state index contributed by atoms with van der Waals surface area (Å²) in [7, 11) is -0.369. The van der Waals surface area contributed by atoms with E-state index in [0.717, 1.165) is 43.5 Å². The Hall–Kier alpha value is -0.966. The largest absolute Gasteiger partial charge is 0.414 e. The molecule has 0 saturated heterocycles. The summed E-state index contributed by atoms with van der Waals surface area (Å²) in [6, 6.07) is 0. The highest BCUT2D eigenvalue weighted by Crippen LogP contribution is 2.69. The third-order valence-electron chi connectivity index (χ3n) is 10.0. The quantitative estimate of drug-likeness (QED) is 0.189. The lowest BCUT2D eigenvalue weighted by Crippen LogP contribution is -2.64. The van der Waals surface area contributed by atoms with Gasteiger partial charge in [0.25, 0.3) is 0 Å². The zero-order valence-electron chi connectivity index (χ0n) is 25.4. The van der Waals surface area contributed by atoms with Gasteiger partial charge in [-0.2, -0.15) is 0 Å². The number of hydrogen-bond acceptors (Lipinski definition) is 6. The van der Waals surface area contributed by atoms with Gasteiger partial charge in [-0.1, -0.05) is 29.7 Å². The van der Waals surface area contributed by atoms with E-state index in [-0.39, 0.29) is 16.9 Å². The molecule has 0 aromatic heterocycles. The van der Waals surface area contributed by atoms with Gasteiger partial charge in [-0.15, -0.1) is 0 Å². The SMILES string of the molecule is CO/N=C1\C=C2CC[C@@H]3[C@H]([C@@H](O[Si](C)(C)C)C[C@@]4(C)[C@H]3CC[C@]4(O[Si](C)(C)C)/C(C)=N/OC)[C@@]2(C)CC1. The summed E-state index contributed by atoms with van der Waals surface area (Å²) in [5.74, 6) is 1.72. The third kappa shape index (κ3) is 5.05. The van der Waals surface area contributed by atoms with E-state index in [1.165, 1.54) is 12.8 Å². The number of allylic oxidation sites excluding steroid dienone is 2. The Kier molecular flexibility index (Phi) is 7.76. The summed E-state index contributed by atoms with van der Waals surface area (Å²) < 4.78 is 14.5. The highest BCUT2D eigenvalue weighted by atomic mass is 28.4. The maximum atomic E-state index is 7.25. The van der Waals surface area contributed by atoms with E-state index in [1.54, 1.807) is 19.8 Å². The number of oxime groups is 2. The molecule has 0 aromatic rings. The molecule has 0 aromatic carbocycles. The maximum absolute atomic E-state index is 7.25. The molecule has 4 aliphatic rings. The van der Waals surface area contributed by atoms with Gasteiger partial charge in [0.2, 0.25) is 0 Å². The first-order chi connectivity index (χ1) is 17.1. The van der Waals surface area contributed by atoms with E-state index in [2.05, 4.69) is 76.4 Å². The van der Waals surface area contributed by atoms with Crippen LogP contribution in [-0.4, -0.2) is 54.0 Å². The predicted octanol–water partition coefficient (Wildman–Crippen LogP) is 7.39. The van der Waals surface area contributed by atoms with Crippen molar-refractivity contribution in [2.45, 2.75) is 117 Å². The molecule has 4 aliphatic carbocycles. The molecule has 4 rings (SSSR count). The average molecular weight is 549 g/mol. The fourth-order valence-electron chi connectivity index (χ4n) is 8.97. The van der Waals surface area contributed by atoms with Crippen molar-refractivity contribution in [3.05, 3.63) is 11.6 Å². The second-order valence-electron chi connectivity index (χ2n) is 14.5. The smallest absolute Gasteiger partial charge is 0.185 e. The molecule has 3 fully saturated rings. The Balaban J connectivity index is 1.83. The molecule has 0 radical (unpaired) electrons. The maximum Gasteiger partial charge on any atom is 0.185 e. The van der Waals surface area contributed by atoms with Crippen LogP contribution < -0.4 is 0 Å². The van der Waals surface area contributed by atoms with Crippen molar-refractivity contribution in [3.8, 4) is 0 Å². The molecule has 37 heavy (non-hydrogen) atoms.